The van der Waals surface area contributed by atoms with E-state index in [9.17, 15) is 18.0 Å². The topological polar surface area (TPSA) is 91.9 Å². The summed E-state index contributed by atoms with van der Waals surface area (Å²) in [5.74, 6) is 0.355. The molecule has 4 rings (SSSR count). The van der Waals surface area contributed by atoms with E-state index in [1.54, 1.807) is 7.05 Å². The molecule has 2 heterocycles. The highest BCUT2D eigenvalue weighted by Crippen LogP contribution is 2.39. The summed E-state index contributed by atoms with van der Waals surface area (Å²) in [7, 11) is 5.56. The van der Waals surface area contributed by atoms with Crippen molar-refractivity contribution in [2.45, 2.75) is 12.7 Å². The summed E-state index contributed by atoms with van der Waals surface area (Å²) in [6.07, 6.45) is -3.30. The molecule has 13 heteroatoms. The second-order valence-corrected chi connectivity index (χ2v) is 9.65. The van der Waals surface area contributed by atoms with Gasteiger partial charge in [0.1, 0.15) is 18.7 Å². The number of amides is 1. The third kappa shape index (κ3) is 7.28. The van der Waals surface area contributed by atoms with Crippen LogP contribution in [0.1, 0.15) is 21.5 Å². The molecule has 208 valence electrons. The zero-order valence-corrected chi connectivity index (χ0v) is 22.4. The van der Waals surface area contributed by atoms with Gasteiger partial charge in [0.05, 0.1) is 17.1 Å². The highest BCUT2D eigenvalue weighted by atomic mass is 35.5. The molecule has 0 spiro atoms. The number of rotatable bonds is 9. The van der Waals surface area contributed by atoms with Crippen LogP contribution in [-0.2, 0) is 12.7 Å². The number of nitrogens with zero attached hydrogens (tertiary/aromatic N) is 4. The van der Waals surface area contributed by atoms with Gasteiger partial charge >= 0.3 is 6.18 Å². The molecule has 0 atom stereocenters. The number of nitrogens with one attached hydrogen (secondary N) is 2. The van der Waals surface area contributed by atoms with Crippen LogP contribution in [0.3, 0.4) is 0 Å². The second kappa shape index (κ2) is 12.1. The Kier molecular flexibility index (Phi) is 8.78. The Hall–Kier alpha value is -3.61. The zero-order valence-electron chi connectivity index (χ0n) is 21.6. The number of likely N-dealkylation sites (N-methyl/N-ethyl adjacent to an activating group) is 2. The minimum Gasteiger partial charge on any atom is -0.483 e. The van der Waals surface area contributed by atoms with Gasteiger partial charge in [0.25, 0.3) is 11.8 Å². The largest absolute Gasteiger partial charge is 0.483 e. The van der Waals surface area contributed by atoms with E-state index in [2.05, 4.69) is 20.6 Å². The molecular formula is C26H28ClF3N6O3. The number of benzene rings is 2. The average Bonchev–Trinajstić information content (AvgIpc) is 2.89. The molecule has 39 heavy (non-hydrogen) atoms. The van der Waals surface area contributed by atoms with Crippen molar-refractivity contribution in [1.82, 2.24) is 19.8 Å². The van der Waals surface area contributed by atoms with Crippen molar-refractivity contribution in [2.75, 3.05) is 58.0 Å². The van der Waals surface area contributed by atoms with Crippen LogP contribution < -0.4 is 20.1 Å². The Bertz CT molecular complexity index is 1340. The molecular weight excluding hydrogens is 537 g/mol. The number of halogens is 4. The first-order chi connectivity index (χ1) is 18.5. The van der Waals surface area contributed by atoms with E-state index in [4.69, 9.17) is 21.1 Å². The lowest BCUT2D eigenvalue weighted by atomic mass is 10.0. The first-order valence-electron chi connectivity index (χ1n) is 12.0. The van der Waals surface area contributed by atoms with Gasteiger partial charge in [0.15, 0.2) is 5.82 Å². The minimum atomic E-state index is -4.59. The molecule has 1 aromatic heterocycles. The van der Waals surface area contributed by atoms with Crippen LogP contribution in [0.25, 0.3) is 0 Å². The highest BCUT2D eigenvalue weighted by molar-refractivity contribution is 6.32. The fourth-order valence-electron chi connectivity index (χ4n) is 3.84. The fraction of sp³-hybridized carbons (Fsp3) is 0.346. The van der Waals surface area contributed by atoms with Gasteiger partial charge in [0.2, 0.25) is 5.75 Å². The summed E-state index contributed by atoms with van der Waals surface area (Å²) in [5.41, 5.74) is -0.556. The van der Waals surface area contributed by atoms with Crippen LogP contribution in [0.2, 0.25) is 5.02 Å². The van der Waals surface area contributed by atoms with Gasteiger partial charge in [-0.1, -0.05) is 17.7 Å². The molecule has 1 aliphatic heterocycles. The summed E-state index contributed by atoms with van der Waals surface area (Å²) in [6, 6.07) is 8.04. The summed E-state index contributed by atoms with van der Waals surface area (Å²) in [6.45, 7) is 2.38. The van der Waals surface area contributed by atoms with E-state index < -0.39 is 17.6 Å². The number of carbonyl (C=O) groups excluding carboxylic acids is 1. The van der Waals surface area contributed by atoms with Crippen molar-refractivity contribution in [1.29, 1.82) is 0 Å². The minimum absolute atomic E-state index is 0.00813. The number of hydrogen-bond donors (Lipinski definition) is 2. The number of fused-ring (bicyclic) bond motifs is 1. The number of aromatic nitrogens is 2. The van der Waals surface area contributed by atoms with Crippen molar-refractivity contribution >= 4 is 29.0 Å². The maximum Gasteiger partial charge on any atom is 0.416 e. The first-order valence-corrected chi connectivity index (χ1v) is 12.4. The van der Waals surface area contributed by atoms with Crippen molar-refractivity contribution in [3.63, 3.8) is 0 Å². The molecule has 1 aliphatic rings. The molecule has 0 saturated heterocycles. The Morgan fingerprint density at radius 1 is 1.15 bits per heavy atom. The normalized spacial score (nSPS) is 13.1. The van der Waals surface area contributed by atoms with Crippen LogP contribution in [0.4, 0.5) is 24.7 Å². The van der Waals surface area contributed by atoms with E-state index in [1.807, 2.05) is 23.9 Å². The monoisotopic (exact) mass is 564 g/mol. The third-order valence-corrected chi connectivity index (χ3v) is 6.17. The van der Waals surface area contributed by atoms with E-state index >= 15 is 0 Å². The predicted molar refractivity (Wildman–Crippen MR) is 142 cm³/mol. The van der Waals surface area contributed by atoms with Crippen molar-refractivity contribution in [2.24, 2.45) is 0 Å². The summed E-state index contributed by atoms with van der Waals surface area (Å²) < 4.78 is 53.0. The van der Waals surface area contributed by atoms with E-state index in [0.29, 0.717) is 37.8 Å². The molecule has 3 aromatic rings. The van der Waals surface area contributed by atoms with E-state index in [-0.39, 0.29) is 40.0 Å². The fourth-order valence-corrected chi connectivity index (χ4v) is 3.99. The highest BCUT2D eigenvalue weighted by Gasteiger charge is 2.34. The van der Waals surface area contributed by atoms with Crippen molar-refractivity contribution in [3.8, 4) is 17.4 Å². The molecule has 0 fully saturated rings. The van der Waals surface area contributed by atoms with Gasteiger partial charge in [-0.05, 0) is 57.0 Å². The van der Waals surface area contributed by atoms with Crippen LogP contribution in [0.15, 0.2) is 42.7 Å². The maximum absolute atomic E-state index is 13.9. The van der Waals surface area contributed by atoms with Gasteiger partial charge in [-0.2, -0.15) is 18.2 Å². The lowest BCUT2D eigenvalue weighted by molar-refractivity contribution is -0.138. The lowest BCUT2D eigenvalue weighted by Gasteiger charge is -2.22. The third-order valence-electron chi connectivity index (χ3n) is 5.85. The smallest absolute Gasteiger partial charge is 0.416 e. The second-order valence-electron chi connectivity index (χ2n) is 9.24. The number of anilines is 2. The number of alkyl halides is 3. The number of ether oxygens (including phenoxy) is 2. The van der Waals surface area contributed by atoms with Gasteiger partial charge in [-0.3, -0.25) is 4.79 Å². The van der Waals surface area contributed by atoms with Gasteiger partial charge < -0.3 is 29.9 Å². The molecule has 0 bridgehead atoms. The Labute approximate surface area is 228 Å². The first kappa shape index (κ1) is 28.4. The van der Waals surface area contributed by atoms with Crippen molar-refractivity contribution in [3.05, 3.63) is 64.4 Å². The summed E-state index contributed by atoms with van der Waals surface area (Å²) >= 11 is 6.28. The molecule has 2 aromatic carbocycles. The van der Waals surface area contributed by atoms with E-state index in [1.165, 1.54) is 36.7 Å². The number of carbonyl (C=O) groups is 1. The van der Waals surface area contributed by atoms with Gasteiger partial charge in [0, 0.05) is 30.9 Å². The van der Waals surface area contributed by atoms with Crippen LogP contribution in [0, 0.1) is 0 Å². The quantitative estimate of drug-likeness (QED) is 0.376. The SMILES string of the molecule is CN(C)CCN(C)Cc1ccc(NC(=O)c2ccc(Cl)c(Oc3ncnc4c3OCCN4)c2)cc1C(F)(F)F. The molecule has 0 saturated carbocycles. The van der Waals surface area contributed by atoms with Gasteiger partial charge in [-0.15, -0.1) is 0 Å². The van der Waals surface area contributed by atoms with E-state index in [0.717, 1.165) is 6.07 Å². The van der Waals surface area contributed by atoms with Crippen LogP contribution in [-0.4, -0.2) is 73.1 Å². The molecule has 1 amide bonds. The Balaban J connectivity index is 1.52. The van der Waals surface area contributed by atoms with Crippen LogP contribution >= 0.6 is 11.6 Å². The Morgan fingerprint density at radius 3 is 2.69 bits per heavy atom. The molecule has 2 N–H and O–H groups in total. The lowest BCUT2D eigenvalue weighted by Crippen LogP contribution is -2.29. The zero-order chi connectivity index (χ0) is 28.2. The standard InChI is InChI=1S/C26H28ClF3N6O3/c1-35(2)9-10-36(3)14-17-4-6-18(13-19(17)26(28,29)30)34-24(37)16-5-7-20(27)21(12-16)39-25-22-23(32-15-33-25)31-8-11-38-22/h4-7,12-13,15H,8-11,14H2,1-3H3,(H,34,37)(H,31,32,33). The molecule has 0 radical (unpaired) electrons. The summed E-state index contributed by atoms with van der Waals surface area (Å²) in [4.78, 5) is 24.9. The van der Waals surface area contributed by atoms with Crippen LogP contribution in [0.5, 0.6) is 17.4 Å². The number of hydrogen-bond acceptors (Lipinski definition) is 8. The molecule has 0 aliphatic carbocycles. The predicted octanol–water partition coefficient (Wildman–Crippen LogP) is 4.99. The summed E-state index contributed by atoms with van der Waals surface area (Å²) in [5, 5.41) is 5.79. The van der Waals surface area contributed by atoms with Crippen molar-refractivity contribution < 1.29 is 27.4 Å². The Morgan fingerprint density at radius 2 is 1.95 bits per heavy atom. The molecule has 0 unspecified atom stereocenters. The average molecular weight is 565 g/mol. The van der Waals surface area contributed by atoms with Gasteiger partial charge in [-0.25, -0.2) is 4.98 Å². The molecule has 9 nitrogen and oxygen atoms in total. The maximum atomic E-state index is 13.9.